The van der Waals surface area contributed by atoms with Crippen LogP contribution in [-0.2, 0) is 0 Å². The molecule has 2 heteroatoms. The first-order chi connectivity index (χ1) is 5.88. The summed E-state index contributed by atoms with van der Waals surface area (Å²) < 4.78 is 1.55. The quantitative estimate of drug-likeness (QED) is 0.750. The zero-order valence-corrected chi connectivity index (χ0v) is 10.7. The summed E-state index contributed by atoms with van der Waals surface area (Å²) >= 11 is 1.28. The summed E-state index contributed by atoms with van der Waals surface area (Å²) in [6.07, 6.45) is 0. The van der Waals surface area contributed by atoms with Gasteiger partial charge >= 0.3 is 86.9 Å². The van der Waals surface area contributed by atoms with E-state index in [0.29, 0.717) is 29.9 Å². The third-order valence-corrected chi connectivity index (χ3v) is 4.91. The van der Waals surface area contributed by atoms with Gasteiger partial charge in [-0.2, -0.15) is 0 Å². The second kappa shape index (κ2) is 5.61. The number of hydrogen-bond acceptors (Lipinski definition) is 0. The molecular weight excluding hydrogens is 278 g/mol. The number of rotatable bonds is 3. The fraction of sp³-hybridized carbons (Fsp3) is 0.200. The molecule has 0 aromatic heterocycles. The average molecular weight is 290 g/mol. The molecule has 0 aliphatic heterocycles. The van der Waals surface area contributed by atoms with Gasteiger partial charge in [-0.15, -0.1) is 0 Å². The Balaban J connectivity index is 2.88. The molecule has 0 amide bonds. The molecule has 1 rings (SSSR count). The first kappa shape index (κ1) is 10.1. The van der Waals surface area contributed by atoms with Crippen molar-refractivity contribution in [3.05, 3.63) is 40.9 Å². The normalized spacial score (nSPS) is 11.7. The Bertz CT molecular complexity index is 252. The van der Waals surface area contributed by atoms with Gasteiger partial charge in [-0.25, -0.2) is 0 Å². The Hall–Kier alpha value is -0.00104. The van der Waals surface area contributed by atoms with Crippen molar-refractivity contribution < 1.29 is 0 Å². The summed E-state index contributed by atoms with van der Waals surface area (Å²) in [5.41, 5.74) is 1.41. The topological polar surface area (TPSA) is 0 Å². The van der Waals surface area contributed by atoms with Crippen molar-refractivity contribution in [3.63, 3.8) is 0 Å². The van der Waals surface area contributed by atoms with E-state index in [1.807, 2.05) is 0 Å². The molecule has 0 saturated carbocycles. The molecule has 1 aromatic rings. The second-order valence-electron chi connectivity index (χ2n) is 2.29. The molecule has 12 heavy (non-hydrogen) atoms. The van der Waals surface area contributed by atoms with Gasteiger partial charge in [-0.3, -0.25) is 0 Å². The van der Waals surface area contributed by atoms with Crippen LogP contribution in [0.4, 0.5) is 0 Å². The van der Waals surface area contributed by atoms with Crippen molar-refractivity contribution >= 4 is 34.4 Å². The van der Waals surface area contributed by atoms with E-state index in [1.165, 1.54) is 5.56 Å². The van der Waals surface area contributed by atoms with Crippen LogP contribution in [0.1, 0.15) is 5.56 Å². The van der Waals surface area contributed by atoms with E-state index in [-0.39, 0.29) is 0 Å². The van der Waals surface area contributed by atoms with Gasteiger partial charge in [-0.05, 0) is 0 Å². The molecule has 0 aliphatic carbocycles. The van der Waals surface area contributed by atoms with Gasteiger partial charge in [0, 0.05) is 0 Å². The molecule has 0 saturated heterocycles. The van der Waals surface area contributed by atoms with Crippen LogP contribution in [0.15, 0.2) is 35.3 Å². The van der Waals surface area contributed by atoms with Crippen LogP contribution in [0.25, 0.3) is 4.47 Å². The van der Waals surface area contributed by atoms with E-state index < -0.39 is 0 Å². The van der Waals surface area contributed by atoms with Crippen LogP contribution in [0.2, 0.25) is 11.6 Å². The van der Waals surface area contributed by atoms with E-state index in [0.717, 1.165) is 0 Å². The maximum absolute atomic E-state index is 2.39. The van der Waals surface area contributed by atoms with Gasteiger partial charge in [-0.1, -0.05) is 0 Å². The average Bonchev–Trinajstić information content (AvgIpc) is 2.15. The first-order valence-electron chi connectivity index (χ1n) is 3.71. The van der Waals surface area contributed by atoms with Gasteiger partial charge in [0.1, 0.15) is 0 Å². The maximum atomic E-state index is 2.39. The number of hydrogen-bond donors (Lipinski definition) is 0. The molecular formula is C10H12Se2. The minimum atomic E-state index is 0.624. The fourth-order valence-electron chi connectivity index (χ4n) is 0.943. The van der Waals surface area contributed by atoms with Crippen molar-refractivity contribution in [2.75, 3.05) is 0 Å². The van der Waals surface area contributed by atoms with Crippen molar-refractivity contribution in [3.8, 4) is 0 Å². The van der Waals surface area contributed by atoms with Crippen LogP contribution in [-0.4, -0.2) is 29.9 Å². The molecule has 0 spiro atoms. The fourth-order valence-corrected chi connectivity index (χ4v) is 4.76. The molecule has 0 N–H and O–H groups in total. The molecule has 0 nitrogen and oxygen atoms in total. The minimum absolute atomic E-state index is 0.624. The summed E-state index contributed by atoms with van der Waals surface area (Å²) in [6, 6.07) is 10.7. The van der Waals surface area contributed by atoms with Crippen molar-refractivity contribution in [2.24, 2.45) is 0 Å². The molecule has 0 aliphatic rings. The molecule has 64 valence electrons. The predicted octanol–water partition coefficient (Wildman–Crippen LogP) is 2.49. The van der Waals surface area contributed by atoms with Crippen LogP contribution < -0.4 is 0 Å². The molecule has 0 radical (unpaired) electrons. The second-order valence-corrected chi connectivity index (χ2v) is 5.55. The third kappa shape index (κ3) is 2.80. The summed E-state index contributed by atoms with van der Waals surface area (Å²) in [6.45, 7) is 0. The summed E-state index contributed by atoms with van der Waals surface area (Å²) in [5.74, 6) is 4.53. The van der Waals surface area contributed by atoms with E-state index in [1.54, 1.807) is 4.47 Å². The zero-order chi connectivity index (χ0) is 8.81. The Kier molecular flexibility index (Phi) is 4.71. The van der Waals surface area contributed by atoms with Crippen LogP contribution in [0, 0.1) is 0 Å². The van der Waals surface area contributed by atoms with Crippen LogP contribution in [0.5, 0.6) is 0 Å². The zero-order valence-electron chi connectivity index (χ0n) is 7.28. The molecule has 0 atom stereocenters. The van der Waals surface area contributed by atoms with Gasteiger partial charge in [0.05, 0.1) is 0 Å². The summed E-state index contributed by atoms with van der Waals surface area (Å²) in [5, 5.41) is 0. The monoisotopic (exact) mass is 292 g/mol. The Morgan fingerprint density at radius 2 is 1.83 bits per heavy atom. The Morgan fingerprint density at radius 1 is 1.17 bits per heavy atom. The Labute approximate surface area is 86.8 Å². The van der Waals surface area contributed by atoms with E-state index >= 15 is 0 Å². The van der Waals surface area contributed by atoms with Crippen molar-refractivity contribution in [1.29, 1.82) is 0 Å². The Morgan fingerprint density at radius 3 is 2.33 bits per heavy atom. The van der Waals surface area contributed by atoms with E-state index in [4.69, 9.17) is 0 Å². The molecule has 0 unspecified atom stereocenters. The van der Waals surface area contributed by atoms with Crippen LogP contribution >= 0.6 is 0 Å². The SMILES string of the molecule is C[Se]/C=C(/[Se]C)c1ccccc1. The third-order valence-electron chi connectivity index (χ3n) is 1.50. The van der Waals surface area contributed by atoms with Gasteiger partial charge in [0.25, 0.3) is 0 Å². The predicted molar refractivity (Wildman–Crippen MR) is 57.7 cm³/mol. The van der Waals surface area contributed by atoms with Crippen molar-refractivity contribution in [2.45, 2.75) is 11.6 Å². The standard InChI is InChI=1S/C10H12Se2/c1-11-8-10(12-2)9-6-4-3-5-7-9/h3-8H,1-2H3/b10-8+. The van der Waals surface area contributed by atoms with E-state index in [2.05, 4.69) is 47.0 Å². The first-order valence-corrected chi connectivity index (χ1v) is 8.98. The van der Waals surface area contributed by atoms with Crippen LogP contribution in [0.3, 0.4) is 0 Å². The molecule has 0 bridgehead atoms. The van der Waals surface area contributed by atoms with Gasteiger partial charge < -0.3 is 0 Å². The number of benzene rings is 1. The molecule has 1 aromatic carbocycles. The van der Waals surface area contributed by atoms with Gasteiger partial charge in [0.2, 0.25) is 0 Å². The van der Waals surface area contributed by atoms with E-state index in [9.17, 15) is 0 Å². The molecule has 0 fully saturated rings. The van der Waals surface area contributed by atoms with Gasteiger partial charge in [0.15, 0.2) is 0 Å². The molecule has 0 heterocycles. The van der Waals surface area contributed by atoms with Crippen molar-refractivity contribution in [1.82, 2.24) is 0 Å². The summed E-state index contributed by atoms with van der Waals surface area (Å²) in [4.78, 5) is 2.39. The summed E-state index contributed by atoms with van der Waals surface area (Å²) in [7, 11) is 0.